The Balaban J connectivity index is 1.42. The Morgan fingerprint density at radius 3 is 2.88 bits per heavy atom. The molecule has 7 heteroatoms. The molecule has 0 unspecified atom stereocenters. The van der Waals surface area contributed by atoms with Gasteiger partial charge in [-0.1, -0.05) is 0 Å². The SMILES string of the molecule is Cc1ccc(N(C)[C@@H]2CC[C@@H]3CN(C(=O)Cn4ccnc4)C[C@@H]32)nn1. The summed E-state index contributed by atoms with van der Waals surface area (Å²) in [5, 5.41) is 8.50. The number of likely N-dealkylation sites (tertiary alicyclic amines) is 1. The molecule has 4 rings (SSSR count). The van der Waals surface area contributed by atoms with Crippen LogP contribution in [0.25, 0.3) is 0 Å². The van der Waals surface area contributed by atoms with Crippen LogP contribution in [0.2, 0.25) is 0 Å². The number of rotatable bonds is 4. The molecule has 7 nitrogen and oxygen atoms in total. The number of anilines is 1. The molecule has 1 amide bonds. The Morgan fingerprint density at radius 2 is 2.16 bits per heavy atom. The van der Waals surface area contributed by atoms with Crippen LogP contribution in [0.3, 0.4) is 0 Å². The molecule has 1 aliphatic heterocycles. The fourth-order valence-corrected chi connectivity index (χ4v) is 4.31. The molecule has 0 spiro atoms. The van der Waals surface area contributed by atoms with Crippen LogP contribution in [0.15, 0.2) is 30.9 Å². The number of carbonyl (C=O) groups is 1. The number of fused-ring (bicyclic) bond motifs is 1. The number of carbonyl (C=O) groups excluding carboxylic acids is 1. The molecule has 0 bridgehead atoms. The van der Waals surface area contributed by atoms with Crippen LogP contribution >= 0.6 is 0 Å². The highest BCUT2D eigenvalue weighted by molar-refractivity contribution is 5.76. The van der Waals surface area contributed by atoms with Crippen molar-refractivity contribution in [2.75, 3.05) is 25.0 Å². The van der Waals surface area contributed by atoms with Gasteiger partial charge >= 0.3 is 0 Å². The number of hydrogen-bond acceptors (Lipinski definition) is 5. The fourth-order valence-electron chi connectivity index (χ4n) is 4.31. The zero-order chi connectivity index (χ0) is 17.4. The Bertz CT molecular complexity index is 729. The summed E-state index contributed by atoms with van der Waals surface area (Å²) >= 11 is 0. The van der Waals surface area contributed by atoms with Gasteiger partial charge in [-0.25, -0.2) is 4.98 Å². The number of nitrogens with zero attached hydrogens (tertiary/aromatic N) is 6. The Morgan fingerprint density at radius 1 is 1.28 bits per heavy atom. The predicted molar refractivity (Wildman–Crippen MR) is 94.0 cm³/mol. The lowest BCUT2D eigenvalue weighted by Crippen LogP contribution is -2.39. The van der Waals surface area contributed by atoms with Crippen molar-refractivity contribution in [1.29, 1.82) is 0 Å². The first-order chi connectivity index (χ1) is 12.1. The minimum Gasteiger partial charge on any atom is -0.355 e. The lowest BCUT2D eigenvalue weighted by atomic mass is 9.97. The summed E-state index contributed by atoms with van der Waals surface area (Å²) in [6.45, 7) is 4.04. The third kappa shape index (κ3) is 3.10. The highest BCUT2D eigenvalue weighted by atomic mass is 16.2. The third-order valence-electron chi connectivity index (χ3n) is 5.69. The smallest absolute Gasteiger partial charge is 0.242 e. The summed E-state index contributed by atoms with van der Waals surface area (Å²) in [5.74, 6) is 2.21. The summed E-state index contributed by atoms with van der Waals surface area (Å²) in [4.78, 5) is 20.9. The number of imidazole rings is 1. The standard InChI is InChI=1S/C18H24N6O/c1-13-3-6-17(21-20-13)22(2)16-5-4-14-9-24(10-15(14)16)18(25)11-23-8-7-19-12-23/h3,6-8,12,14-16H,4-5,9-11H2,1-2H3/t14-,15+,16-/m1/s1. The molecule has 3 heterocycles. The molecular weight excluding hydrogens is 316 g/mol. The van der Waals surface area contributed by atoms with Crippen molar-refractivity contribution in [3.8, 4) is 0 Å². The molecule has 0 N–H and O–H groups in total. The molecule has 1 saturated heterocycles. The Hall–Kier alpha value is -2.44. The second kappa shape index (κ2) is 6.46. The van der Waals surface area contributed by atoms with E-state index in [1.54, 1.807) is 12.5 Å². The van der Waals surface area contributed by atoms with Gasteiger partial charge < -0.3 is 14.4 Å². The van der Waals surface area contributed by atoms with E-state index in [2.05, 4.69) is 27.1 Å². The molecule has 0 aromatic carbocycles. The van der Waals surface area contributed by atoms with E-state index in [1.807, 2.05) is 34.7 Å². The predicted octanol–water partition coefficient (Wildman–Crippen LogP) is 1.35. The topological polar surface area (TPSA) is 67.2 Å². The van der Waals surface area contributed by atoms with Gasteiger partial charge in [-0.05, 0) is 37.8 Å². The maximum absolute atomic E-state index is 12.6. The van der Waals surface area contributed by atoms with Crippen molar-refractivity contribution >= 4 is 11.7 Å². The second-order valence-electron chi connectivity index (χ2n) is 7.25. The monoisotopic (exact) mass is 340 g/mol. The van der Waals surface area contributed by atoms with Gasteiger partial charge in [0.05, 0.1) is 12.0 Å². The number of amides is 1. The van der Waals surface area contributed by atoms with Crippen molar-refractivity contribution in [2.24, 2.45) is 11.8 Å². The average Bonchev–Trinajstić information content (AvgIpc) is 3.31. The summed E-state index contributed by atoms with van der Waals surface area (Å²) in [7, 11) is 2.10. The van der Waals surface area contributed by atoms with Gasteiger partial charge in [-0.2, -0.15) is 5.10 Å². The lowest BCUT2D eigenvalue weighted by Gasteiger charge is -2.30. The zero-order valence-electron chi connectivity index (χ0n) is 14.7. The molecular formula is C18H24N6O. The molecule has 0 radical (unpaired) electrons. The highest BCUT2D eigenvalue weighted by Gasteiger charge is 2.45. The van der Waals surface area contributed by atoms with E-state index in [-0.39, 0.29) is 5.91 Å². The maximum atomic E-state index is 12.6. The Kier molecular flexibility index (Phi) is 4.15. The van der Waals surface area contributed by atoms with E-state index < -0.39 is 0 Å². The van der Waals surface area contributed by atoms with Gasteiger partial charge in [0.25, 0.3) is 0 Å². The quantitative estimate of drug-likeness (QED) is 0.841. The van der Waals surface area contributed by atoms with Crippen LogP contribution in [0.1, 0.15) is 18.5 Å². The first kappa shape index (κ1) is 16.1. The van der Waals surface area contributed by atoms with Crippen molar-refractivity contribution in [1.82, 2.24) is 24.6 Å². The zero-order valence-corrected chi connectivity index (χ0v) is 14.7. The van der Waals surface area contributed by atoms with Gasteiger partial charge in [0.1, 0.15) is 6.54 Å². The van der Waals surface area contributed by atoms with Crippen LogP contribution in [0.5, 0.6) is 0 Å². The van der Waals surface area contributed by atoms with Crippen LogP contribution in [-0.4, -0.2) is 56.7 Å². The third-order valence-corrected chi connectivity index (χ3v) is 5.69. The first-order valence-electron chi connectivity index (χ1n) is 8.88. The molecule has 2 aliphatic rings. The maximum Gasteiger partial charge on any atom is 0.242 e. The fraction of sp³-hybridized carbons (Fsp3) is 0.556. The first-order valence-corrected chi connectivity index (χ1v) is 8.88. The normalized spacial score (nSPS) is 25.2. The van der Waals surface area contributed by atoms with Gasteiger partial charge in [-0.3, -0.25) is 4.79 Å². The average molecular weight is 340 g/mol. The number of aromatic nitrogens is 4. The van der Waals surface area contributed by atoms with Gasteiger partial charge in [0.2, 0.25) is 5.91 Å². The largest absolute Gasteiger partial charge is 0.355 e. The van der Waals surface area contributed by atoms with E-state index in [0.717, 1.165) is 31.0 Å². The molecule has 1 saturated carbocycles. The minimum atomic E-state index is 0.184. The van der Waals surface area contributed by atoms with Crippen LogP contribution in [-0.2, 0) is 11.3 Å². The van der Waals surface area contributed by atoms with Crippen molar-refractivity contribution in [2.45, 2.75) is 32.4 Å². The summed E-state index contributed by atoms with van der Waals surface area (Å²) < 4.78 is 1.84. The summed E-state index contributed by atoms with van der Waals surface area (Å²) in [6.07, 6.45) is 7.57. The highest BCUT2D eigenvalue weighted by Crippen LogP contribution is 2.41. The second-order valence-corrected chi connectivity index (χ2v) is 7.25. The summed E-state index contributed by atoms with van der Waals surface area (Å²) in [5.41, 5.74) is 0.929. The van der Waals surface area contributed by atoms with Crippen molar-refractivity contribution in [3.05, 3.63) is 36.5 Å². The summed E-state index contributed by atoms with van der Waals surface area (Å²) in [6, 6.07) is 4.46. The molecule has 2 aromatic heterocycles. The molecule has 2 aromatic rings. The molecule has 25 heavy (non-hydrogen) atoms. The van der Waals surface area contributed by atoms with E-state index >= 15 is 0 Å². The molecule has 1 aliphatic carbocycles. The number of aryl methyl sites for hydroxylation is 1. The van der Waals surface area contributed by atoms with E-state index in [0.29, 0.717) is 24.4 Å². The minimum absolute atomic E-state index is 0.184. The van der Waals surface area contributed by atoms with Gasteiger partial charge in [0, 0.05) is 44.5 Å². The van der Waals surface area contributed by atoms with Crippen LogP contribution in [0, 0.1) is 18.8 Å². The van der Waals surface area contributed by atoms with Gasteiger partial charge in [0.15, 0.2) is 5.82 Å². The molecule has 2 fully saturated rings. The number of hydrogen-bond donors (Lipinski definition) is 0. The Labute approximate surface area is 147 Å². The van der Waals surface area contributed by atoms with E-state index in [9.17, 15) is 4.79 Å². The molecule has 132 valence electrons. The van der Waals surface area contributed by atoms with Crippen molar-refractivity contribution in [3.63, 3.8) is 0 Å². The van der Waals surface area contributed by atoms with Crippen LogP contribution in [0.4, 0.5) is 5.82 Å². The van der Waals surface area contributed by atoms with E-state index in [1.165, 1.54) is 6.42 Å². The van der Waals surface area contributed by atoms with Gasteiger partial charge in [-0.15, -0.1) is 5.10 Å². The molecule has 3 atom stereocenters. The van der Waals surface area contributed by atoms with Crippen LogP contribution < -0.4 is 4.90 Å². The van der Waals surface area contributed by atoms with E-state index in [4.69, 9.17) is 0 Å². The van der Waals surface area contributed by atoms with Crippen molar-refractivity contribution < 1.29 is 4.79 Å². The lowest BCUT2D eigenvalue weighted by molar-refractivity contribution is -0.131.